The molecule has 13 heteroatoms. The van der Waals surface area contributed by atoms with E-state index in [1.165, 1.54) is 34.7 Å². The molecule has 0 bridgehead atoms. The lowest BCUT2D eigenvalue weighted by atomic mass is 10.1. The molecule has 1 amide bonds. The molecule has 3 aromatic heterocycles. The third-order valence-corrected chi connectivity index (χ3v) is 6.18. The van der Waals surface area contributed by atoms with Gasteiger partial charge in [0.15, 0.2) is 11.9 Å². The number of hydrogen-bond donors (Lipinski definition) is 4. The minimum atomic E-state index is -3.08. The molecular weight excluding hydrogens is 456 g/mol. The highest BCUT2D eigenvalue weighted by molar-refractivity contribution is 8.01. The topological polar surface area (TPSA) is 129 Å². The number of anilines is 2. The predicted octanol–water partition coefficient (Wildman–Crippen LogP) is 3.26. The summed E-state index contributed by atoms with van der Waals surface area (Å²) in [5.41, 5.74) is 2.11. The summed E-state index contributed by atoms with van der Waals surface area (Å²) in [6.07, 6.45) is 5.03. The Morgan fingerprint density at radius 1 is 1.36 bits per heavy atom. The Balaban J connectivity index is 1.52. The van der Waals surface area contributed by atoms with Gasteiger partial charge in [0.25, 0.3) is 0 Å². The maximum Gasteiger partial charge on any atom is 0.387 e. The Kier molecular flexibility index (Phi) is 5.34. The number of aromatic nitrogens is 5. The zero-order valence-corrected chi connectivity index (χ0v) is 17.8. The molecule has 2 atom stereocenters. The number of alkyl halides is 2. The molecule has 4 heterocycles. The molecule has 4 aromatic rings. The number of aromatic amines is 1. The van der Waals surface area contributed by atoms with E-state index in [9.17, 15) is 18.7 Å². The summed E-state index contributed by atoms with van der Waals surface area (Å²) in [6.45, 7) is -1.34. The van der Waals surface area contributed by atoms with Gasteiger partial charge in [-0.25, -0.2) is 9.50 Å². The van der Waals surface area contributed by atoms with Crippen LogP contribution in [0.25, 0.3) is 16.9 Å². The van der Waals surface area contributed by atoms with Gasteiger partial charge in [-0.1, -0.05) is 0 Å². The van der Waals surface area contributed by atoms with Crippen molar-refractivity contribution < 1.29 is 23.4 Å². The summed E-state index contributed by atoms with van der Waals surface area (Å²) < 4.78 is 32.5. The summed E-state index contributed by atoms with van der Waals surface area (Å²) >= 11 is 1.30. The lowest BCUT2D eigenvalue weighted by Gasteiger charge is -2.23. The molecule has 0 saturated carbocycles. The number of thioether (sulfide) groups is 1. The summed E-state index contributed by atoms with van der Waals surface area (Å²) in [5, 5.41) is 27.0. The summed E-state index contributed by atoms with van der Waals surface area (Å²) in [7, 11) is 0. The van der Waals surface area contributed by atoms with E-state index in [1.54, 1.807) is 31.5 Å². The van der Waals surface area contributed by atoms with Crippen molar-refractivity contribution in [2.75, 3.05) is 10.6 Å². The zero-order valence-electron chi connectivity index (χ0n) is 17.0. The molecule has 1 aliphatic rings. The van der Waals surface area contributed by atoms with E-state index in [2.05, 4.69) is 30.9 Å². The third-order valence-electron chi connectivity index (χ3n) is 5.02. The highest BCUT2D eigenvalue weighted by atomic mass is 32.2. The monoisotopic (exact) mass is 473 g/mol. The van der Waals surface area contributed by atoms with Crippen molar-refractivity contribution in [1.82, 2.24) is 24.8 Å². The lowest BCUT2D eigenvalue weighted by Crippen LogP contribution is -2.26. The Morgan fingerprint density at radius 2 is 2.21 bits per heavy atom. The number of aliphatic hydroxyl groups is 1. The molecule has 10 nitrogen and oxygen atoms in total. The molecule has 1 aromatic carbocycles. The summed E-state index contributed by atoms with van der Waals surface area (Å²) in [4.78, 5) is 16.9. The molecule has 2 unspecified atom stereocenters. The van der Waals surface area contributed by atoms with E-state index < -0.39 is 12.8 Å². The van der Waals surface area contributed by atoms with Crippen molar-refractivity contribution in [3.05, 3.63) is 48.5 Å². The summed E-state index contributed by atoms with van der Waals surface area (Å²) in [5.74, 6) is -0.392. The Labute approximate surface area is 189 Å². The van der Waals surface area contributed by atoms with Crippen LogP contribution in [-0.4, -0.2) is 47.7 Å². The quantitative estimate of drug-likeness (QED) is 0.314. The number of H-pyrrole nitrogens is 1. The van der Waals surface area contributed by atoms with Gasteiger partial charge >= 0.3 is 6.61 Å². The number of hydrogen-bond acceptors (Lipinski definition) is 8. The first-order valence-electron chi connectivity index (χ1n) is 9.78. The van der Waals surface area contributed by atoms with Crippen molar-refractivity contribution in [2.24, 2.45) is 0 Å². The predicted molar refractivity (Wildman–Crippen MR) is 116 cm³/mol. The molecule has 0 spiro atoms. The molecule has 4 N–H and O–H groups in total. The van der Waals surface area contributed by atoms with Gasteiger partial charge in [-0.05, 0) is 19.1 Å². The number of aliphatic hydroxyl groups excluding tert-OH is 1. The van der Waals surface area contributed by atoms with Crippen molar-refractivity contribution in [1.29, 1.82) is 0 Å². The number of ether oxygens (including phenoxy) is 1. The second kappa shape index (κ2) is 8.33. The molecular formula is C20H17F2N7O3S. The van der Waals surface area contributed by atoms with Crippen molar-refractivity contribution in [3.8, 4) is 17.0 Å². The van der Waals surface area contributed by atoms with Crippen LogP contribution in [0.1, 0.15) is 18.7 Å². The van der Waals surface area contributed by atoms with Crippen LogP contribution in [0.5, 0.6) is 5.75 Å². The van der Waals surface area contributed by atoms with Crippen LogP contribution < -0.4 is 15.4 Å². The number of amides is 1. The summed E-state index contributed by atoms with van der Waals surface area (Å²) in [6, 6.07) is 4.68. The first-order chi connectivity index (χ1) is 15.9. The van der Waals surface area contributed by atoms with Crippen LogP contribution in [-0.2, 0) is 4.79 Å². The Morgan fingerprint density at radius 3 is 3.03 bits per heavy atom. The molecule has 170 valence electrons. The zero-order chi connectivity index (χ0) is 23.1. The molecule has 0 radical (unpaired) electrons. The normalized spacial score (nSPS) is 16.5. The first kappa shape index (κ1) is 21.2. The van der Waals surface area contributed by atoms with Crippen LogP contribution in [0.4, 0.5) is 20.2 Å². The lowest BCUT2D eigenvalue weighted by molar-refractivity contribution is -0.115. The molecule has 0 saturated heterocycles. The van der Waals surface area contributed by atoms with E-state index in [0.29, 0.717) is 27.5 Å². The second-order valence-electron chi connectivity index (χ2n) is 7.15. The number of fused-ring (bicyclic) bond motifs is 2. The maximum absolute atomic E-state index is 13.1. The van der Waals surface area contributed by atoms with Crippen molar-refractivity contribution in [2.45, 2.75) is 29.9 Å². The maximum atomic E-state index is 13.1. The molecule has 0 aliphatic carbocycles. The molecule has 33 heavy (non-hydrogen) atoms. The Bertz CT molecular complexity index is 1340. The van der Waals surface area contributed by atoms with E-state index in [0.717, 1.165) is 0 Å². The fourth-order valence-electron chi connectivity index (χ4n) is 3.48. The number of nitrogens with one attached hydrogen (secondary N) is 3. The third kappa shape index (κ3) is 3.96. The average molecular weight is 473 g/mol. The van der Waals surface area contributed by atoms with Gasteiger partial charge in [0.1, 0.15) is 11.4 Å². The van der Waals surface area contributed by atoms with Gasteiger partial charge in [-0.3, -0.25) is 9.89 Å². The fourth-order valence-corrected chi connectivity index (χ4v) is 4.45. The SMILES string of the molecule is CC1Sc2cc(-c3n[nH]cc3NC(O)c3cnn4cccnc34)c(OC(F)F)cc2NC1=O. The van der Waals surface area contributed by atoms with Crippen molar-refractivity contribution in [3.63, 3.8) is 0 Å². The van der Waals surface area contributed by atoms with Gasteiger partial charge in [-0.15, -0.1) is 11.8 Å². The minimum absolute atomic E-state index is 0.165. The largest absolute Gasteiger partial charge is 0.434 e. The minimum Gasteiger partial charge on any atom is -0.434 e. The van der Waals surface area contributed by atoms with E-state index >= 15 is 0 Å². The number of carbonyl (C=O) groups excluding carboxylic acids is 1. The van der Waals surface area contributed by atoms with Crippen LogP contribution in [0, 0.1) is 0 Å². The van der Waals surface area contributed by atoms with Gasteiger partial charge in [0.2, 0.25) is 5.91 Å². The molecule has 1 aliphatic heterocycles. The highest BCUT2D eigenvalue weighted by Gasteiger charge is 2.27. The standard InChI is InChI=1S/C20H17F2N7O3S/c1-9-18(30)26-12-6-14(32-20(21)22)10(5-15(12)33-9)16-13(8-24-28-16)27-19(31)11-7-25-29-4-2-3-23-17(11)29/h2-9,19-20,27,31H,1H3,(H,24,28)(H,26,30). The average Bonchev–Trinajstić information content (AvgIpc) is 3.41. The number of carbonyl (C=O) groups is 1. The van der Waals surface area contributed by atoms with Gasteiger partial charge in [-0.2, -0.15) is 19.0 Å². The van der Waals surface area contributed by atoms with Gasteiger partial charge in [0, 0.05) is 35.1 Å². The number of rotatable bonds is 6. The van der Waals surface area contributed by atoms with E-state index in [-0.39, 0.29) is 28.2 Å². The number of halogens is 2. The van der Waals surface area contributed by atoms with E-state index in [4.69, 9.17) is 4.74 Å². The number of nitrogens with zero attached hydrogens (tertiary/aromatic N) is 4. The fraction of sp³-hybridized carbons (Fsp3) is 0.200. The van der Waals surface area contributed by atoms with Gasteiger partial charge < -0.3 is 20.5 Å². The van der Waals surface area contributed by atoms with E-state index in [1.807, 2.05) is 0 Å². The van der Waals surface area contributed by atoms with Crippen LogP contribution in [0.15, 0.2) is 47.9 Å². The second-order valence-corrected chi connectivity index (χ2v) is 8.54. The van der Waals surface area contributed by atoms with Crippen molar-refractivity contribution >= 4 is 34.7 Å². The van der Waals surface area contributed by atoms with Crippen LogP contribution in [0.2, 0.25) is 0 Å². The first-order valence-corrected chi connectivity index (χ1v) is 10.7. The highest BCUT2D eigenvalue weighted by Crippen LogP contribution is 2.44. The number of benzene rings is 1. The Hall–Kier alpha value is -3.71. The molecule has 5 rings (SSSR count). The smallest absolute Gasteiger partial charge is 0.387 e. The van der Waals surface area contributed by atoms with Crippen LogP contribution >= 0.6 is 11.8 Å². The van der Waals surface area contributed by atoms with Gasteiger partial charge in [0.05, 0.1) is 28.4 Å². The van der Waals surface area contributed by atoms with Crippen LogP contribution in [0.3, 0.4) is 0 Å². The molecule has 0 fully saturated rings.